The maximum absolute atomic E-state index is 8.91. The lowest BCUT2D eigenvalue weighted by Gasteiger charge is -2.13. The largest absolute Gasteiger partial charge is 0.489 e. The quantitative estimate of drug-likeness (QED) is 0.605. The first-order valence-electron chi connectivity index (χ1n) is 7.06. The van der Waals surface area contributed by atoms with Crippen molar-refractivity contribution in [3.8, 4) is 5.75 Å². The molecule has 0 aliphatic heterocycles. The zero-order valence-electron chi connectivity index (χ0n) is 12.0. The summed E-state index contributed by atoms with van der Waals surface area (Å²) in [5.74, 6) is 0.840. The minimum absolute atomic E-state index is 0.213. The Labute approximate surface area is 149 Å². The van der Waals surface area contributed by atoms with Crippen molar-refractivity contribution < 1.29 is 9.84 Å². The van der Waals surface area contributed by atoms with Gasteiger partial charge in [0.1, 0.15) is 12.4 Å². The normalized spacial score (nSPS) is 10.7. The highest BCUT2D eigenvalue weighted by Gasteiger charge is 2.07. The first-order valence-corrected chi connectivity index (χ1v) is 8.61. The van der Waals surface area contributed by atoms with Gasteiger partial charge in [-0.2, -0.15) is 0 Å². The lowest BCUT2D eigenvalue weighted by Crippen LogP contribution is -2.00. The standard InChI is InChI=1S/C17H17BrCl2O2/c18-14-5-7-17(12(9-14)3-1-2-8-21)22-11-13-4-6-15(19)10-16(13)20/h4-7,9-10,21H,1-3,8,11H2. The van der Waals surface area contributed by atoms with E-state index in [0.29, 0.717) is 16.7 Å². The summed E-state index contributed by atoms with van der Waals surface area (Å²) >= 11 is 15.5. The number of ether oxygens (including phenoxy) is 1. The number of aryl methyl sites for hydroxylation is 1. The van der Waals surface area contributed by atoms with Gasteiger partial charge in [0.25, 0.3) is 0 Å². The third-order valence-corrected chi connectivity index (χ3v) is 4.36. The molecule has 0 radical (unpaired) electrons. The number of rotatable bonds is 7. The van der Waals surface area contributed by atoms with E-state index in [2.05, 4.69) is 22.0 Å². The van der Waals surface area contributed by atoms with Crippen molar-refractivity contribution in [2.24, 2.45) is 0 Å². The van der Waals surface area contributed by atoms with Gasteiger partial charge < -0.3 is 9.84 Å². The number of aliphatic hydroxyl groups excluding tert-OH is 1. The number of halogens is 3. The van der Waals surface area contributed by atoms with Gasteiger partial charge >= 0.3 is 0 Å². The van der Waals surface area contributed by atoms with Crippen molar-refractivity contribution in [3.63, 3.8) is 0 Å². The van der Waals surface area contributed by atoms with Gasteiger partial charge in [0.2, 0.25) is 0 Å². The number of hydrogen-bond donors (Lipinski definition) is 1. The Kier molecular flexibility index (Phi) is 7.03. The number of benzene rings is 2. The molecule has 1 N–H and O–H groups in total. The average Bonchev–Trinajstić information content (AvgIpc) is 2.48. The van der Waals surface area contributed by atoms with Crippen LogP contribution in [0.4, 0.5) is 0 Å². The SMILES string of the molecule is OCCCCc1cc(Br)ccc1OCc1ccc(Cl)cc1Cl. The second kappa shape index (κ2) is 8.78. The molecular weight excluding hydrogens is 387 g/mol. The van der Waals surface area contributed by atoms with Gasteiger partial charge in [0.05, 0.1) is 0 Å². The van der Waals surface area contributed by atoms with Crippen LogP contribution in [0.1, 0.15) is 24.0 Å². The van der Waals surface area contributed by atoms with Crippen molar-refractivity contribution in [3.05, 3.63) is 62.0 Å². The first-order chi connectivity index (χ1) is 10.6. The fraction of sp³-hybridized carbons (Fsp3) is 0.294. The van der Waals surface area contributed by atoms with Gasteiger partial charge in [-0.3, -0.25) is 0 Å². The molecule has 0 saturated carbocycles. The minimum Gasteiger partial charge on any atom is -0.489 e. The van der Waals surface area contributed by atoms with Crippen LogP contribution in [-0.2, 0) is 13.0 Å². The molecule has 0 saturated heterocycles. The van der Waals surface area contributed by atoms with E-state index in [1.807, 2.05) is 18.2 Å². The summed E-state index contributed by atoms with van der Waals surface area (Å²) in [6.45, 7) is 0.606. The van der Waals surface area contributed by atoms with E-state index in [0.717, 1.165) is 40.6 Å². The van der Waals surface area contributed by atoms with E-state index in [9.17, 15) is 0 Å². The molecule has 0 aromatic heterocycles. The topological polar surface area (TPSA) is 29.5 Å². The van der Waals surface area contributed by atoms with Crippen LogP contribution in [-0.4, -0.2) is 11.7 Å². The van der Waals surface area contributed by atoms with Crippen molar-refractivity contribution >= 4 is 39.1 Å². The summed E-state index contributed by atoms with van der Waals surface area (Å²) in [6.07, 6.45) is 2.57. The maximum atomic E-state index is 8.91. The van der Waals surface area contributed by atoms with Crippen LogP contribution in [0.15, 0.2) is 40.9 Å². The van der Waals surface area contributed by atoms with Crippen molar-refractivity contribution in [2.75, 3.05) is 6.61 Å². The Morgan fingerprint density at radius 3 is 2.55 bits per heavy atom. The molecular formula is C17H17BrCl2O2. The predicted molar refractivity (Wildman–Crippen MR) is 95.0 cm³/mol. The zero-order chi connectivity index (χ0) is 15.9. The Balaban J connectivity index is 2.08. The minimum atomic E-state index is 0.213. The molecule has 0 spiro atoms. The van der Waals surface area contributed by atoms with Gasteiger partial charge in [-0.1, -0.05) is 45.2 Å². The molecule has 0 aliphatic carbocycles. The first kappa shape index (κ1) is 17.6. The van der Waals surface area contributed by atoms with Crippen molar-refractivity contribution in [2.45, 2.75) is 25.9 Å². The Hall–Kier alpha value is -0.740. The van der Waals surface area contributed by atoms with Gasteiger partial charge in [0, 0.05) is 26.7 Å². The average molecular weight is 404 g/mol. The van der Waals surface area contributed by atoms with Crippen LogP contribution < -0.4 is 4.74 Å². The molecule has 5 heteroatoms. The van der Waals surface area contributed by atoms with Crippen LogP contribution in [0.5, 0.6) is 5.75 Å². The summed E-state index contributed by atoms with van der Waals surface area (Å²) in [7, 11) is 0. The summed E-state index contributed by atoms with van der Waals surface area (Å²) in [5.41, 5.74) is 2.02. The number of unbranched alkanes of at least 4 members (excludes halogenated alkanes) is 1. The monoisotopic (exact) mass is 402 g/mol. The summed E-state index contributed by atoms with van der Waals surface area (Å²) in [6, 6.07) is 11.3. The van der Waals surface area contributed by atoms with Gasteiger partial charge in [-0.05, 0) is 55.2 Å². The Bertz CT molecular complexity index is 632. The Morgan fingerprint density at radius 1 is 1.00 bits per heavy atom. The van der Waals surface area contributed by atoms with Crippen molar-refractivity contribution in [1.82, 2.24) is 0 Å². The highest BCUT2D eigenvalue weighted by molar-refractivity contribution is 9.10. The number of aliphatic hydroxyl groups is 1. The fourth-order valence-corrected chi connectivity index (χ4v) is 2.98. The highest BCUT2D eigenvalue weighted by Crippen LogP contribution is 2.27. The lowest BCUT2D eigenvalue weighted by molar-refractivity contribution is 0.282. The summed E-state index contributed by atoms with van der Waals surface area (Å²) in [5, 5.41) is 10.1. The molecule has 2 rings (SSSR count). The van der Waals surface area contributed by atoms with E-state index in [4.69, 9.17) is 33.0 Å². The maximum Gasteiger partial charge on any atom is 0.123 e. The molecule has 0 atom stereocenters. The molecule has 0 fully saturated rings. The van der Waals surface area contributed by atoms with Crippen LogP contribution >= 0.6 is 39.1 Å². The molecule has 0 unspecified atom stereocenters. The van der Waals surface area contributed by atoms with E-state index in [1.54, 1.807) is 12.1 Å². The fourth-order valence-electron chi connectivity index (χ4n) is 2.11. The molecule has 118 valence electrons. The molecule has 2 aromatic rings. The third kappa shape index (κ3) is 5.17. The predicted octanol–water partition coefficient (Wildman–Crippen LogP) is 5.65. The smallest absolute Gasteiger partial charge is 0.123 e. The summed E-state index contributed by atoms with van der Waals surface area (Å²) in [4.78, 5) is 0. The molecule has 2 nitrogen and oxygen atoms in total. The van der Waals surface area contributed by atoms with Gasteiger partial charge in [-0.15, -0.1) is 0 Å². The molecule has 0 aliphatic rings. The molecule has 2 aromatic carbocycles. The van der Waals surface area contributed by atoms with Crippen LogP contribution in [0, 0.1) is 0 Å². The molecule has 0 heterocycles. The van der Waals surface area contributed by atoms with Crippen molar-refractivity contribution in [1.29, 1.82) is 0 Å². The summed E-state index contributed by atoms with van der Waals surface area (Å²) < 4.78 is 6.94. The van der Waals surface area contributed by atoms with E-state index in [-0.39, 0.29) is 6.61 Å². The van der Waals surface area contributed by atoms with E-state index >= 15 is 0 Å². The van der Waals surface area contributed by atoms with E-state index < -0.39 is 0 Å². The lowest BCUT2D eigenvalue weighted by atomic mass is 10.1. The highest BCUT2D eigenvalue weighted by atomic mass is 79.9. The second-order valence-corrected chi connectivity index (χ2v) is 6.72. The molecule has 22 heavy (non-hydrogen) atoms. The molecule has 0 bridgehead atoms. The van der Waals surface area contributed by atoms with E-state index in [1.165, 1.54) is 0 Å². The van der Waals surface area contributed by atoms with Crippen LogP contribution in [0.2, 0.25) is 10.0 Å². The van der Waals surface area contributed by atoms with Crippen LogP contribution in [0.3, 0.4) is 0 Å². The second-order valence-electron chi connectivity index (χ2n) is 4.96. The zero-order valence-corrected chi connectivity index (χ0v) is 15.1. The Morgan fingerprint density at radius 2 is 1.82 bits per heavy atom. The third-order valence-electron chi connectivity index (χ3n) is 3.28. The van der Waals surface area contributed by atoms with Crippen LogP contribution in [0.25, 0.3) is 0 Å². The van der Waals surface area contributed by atoms with Gasteiger partial charge in [0.15, 0.2) is 0 Å². The molecule has 0 amide bonds. The number of hydrogen-bond acceptors (Lipinski definition) is 2. The van der Waals surface area contributed by atoms with Gasteiger partial charge in [-0.25, -0.2) is 0 Å².